The number of hydrogen-bond acceptors (Lipinski definition) is 6. The zero-order valence-electron chi connectivity index (χ0n) is 20.3. The Morgan fingerprint density at radius 1 is 1.20 bits per heavy atom. The second-order valence-corrected chi connectivity index (χ2v) is 9.50. The van der Waals surface area contributed by atoms with Gasteiger partial charge < -0.3 is 19.9 Å². The lowest BCUT2D eigenvalue weighted by Gasteiger charge is -2.39. The Kier molecular flexibility index (Phi) is 6.19. The smallest absolute Gasteiger partial charge is 0.410 e. The van der Waals surface area contributed by atoms with Crippen LogP contribution in [0.25, 0.3) is 5.57 Å². The molecule has 0 aromatic heterocycles. The van der Waals surface area contributed by atoms with Crippen LogP contribution in [0.2, 0.25) is 0 Å². The Balaban J connectivity index is 1.45. The zero-order valence-corrected chi connectivity index (χ0v) is 20.3. The van der Waals surface area contributed by atoms with E-state index in [1.807, 2.05) is 48.8 Å². The molecule has 5 rings (SSSR count). The van der Waals surface area contributed by atoms with Crippen LogP contribution in [-0.2, 0) is 16.0 Å². The largest absolute Gasteiger partial charge is 0.447 e. The van der Waals surface area contributed by atoms with Crippen molar-refractivity contribution in [3.8, 4) is 0 Å². The number of nitrogens with one attached hydrogen (secondary N) is 2. The second-order valence-electron chi connectivity index (χ2n) is 9.50. The normalized spacial score (nSPS) is 21.3. The molecule has 2 aromatic rings. The van der Waals surface area contributed by atoms with E-state index in [1.54, 1.807) is 0 Å². The van der Waals surface area contributed by atoms with Gasteiger partial charge in [0.05, 0.1) is 24.0 Å². The van der Waals surface area contributed by atoms with E-state index in [4.69, 9.17) is 4.74 Å². The maximum absolute atomic E-state index is 12.9. The van der Waals surface area contributed by atoms with Crippen molar-refractivity contribution in [2.45, 2.75) is 51.8 Å². The number of anilines is 2. The van der Waals surface area contributed by atoms with E-state index >= 15 is 0 Å². The molecule has 0 fully saturated rings. The average molecular weight is 474 g/mol. The van der Waals surface area contributed by atoms with E-state index in [0.717, 1.165) is 29.2 Å². The van der Waals surface area contributed by atoms with Gasteiger partial charge in [-0.1, -0.05) is 42.5 Å². The predicted molar refractivity (Wildman–Crippen MR) is 137 cm³/mol. The summed E-state index contributed by atoms with van der Waals surface area (Å²) in [6.07, 6.45) is 3.13. The first-order chi connectivity index (χ1) is 16.9. The van der Waals surface area contributed by atoms with Gasteiger partial charge in [-0.3, -0.25) is 4.79 Å². The first-order valence-corrected chi connectivity index (χ1v) is 12.1. The van der Waals surface area contributed by atoms with E-state index in [0.29, 0.717) is 19.5 Å². The van der Waals surface area contributed by atoms with Crippen molar-refractivity contribution in [1.29, 1.82) is 0 Å². The van der Waals surface area contributed by atoms with Crippen molar-refractivity contribution in [1.82, 2.24) is 10.3 Å². The monoisotopic (exact) mass is 473 g/mol. The standard InChI is InChI=1S/C27H31N5O3/c1-17(2)35-27(34)31-12-11-21(14-22(31)13-19-7-5-4-6-8-19)20-9-10-23-24(15-20)32-18(3)26(33)30-29-25(32)16-28-23/h4-11,15,17-18,22,28H,12-14,16H2,1-3H3,(H,30,33). The SMILES string of the molecule is CC(C)OC(=O)N1CC=C(c2ccc3c(c2)N2C(=NNC(=O)C2C)CN3)CC1Cc1ccccc1. The molecule has 3 aliphatic rings. The van der Waals surface area contributed by atoms with E-state index in [1.165, 1.54) is 11.1 Å². The Labute approximate surface area is 205 Å². The molecule has 0 bridgehead atoms. The van der Waals surface area contributed by atoms with Crippen LogP contribution in [-0.4, -0.2) is 54.0 Å². The van der Waals surface area contributed by atoms with Crippen LogP contribution in [0.15, 0.2) is 59.7 Å². The van der Waals surface area contributed by atoms with E-state index in [-0.39, 0.29) is 30.2 Å². The highest BCUT2D eigenvalue weighted by atomic mass is 16.6. The van der Waals surface area contributed by atoms with Crippen LogP contribution in [0.3, 0.4) is 0 Å². The van der Waals surface area contributed by atoms with Gasteiger partial charge in [0.2, 0.25) is 0 Å². The summed E-state index contributed by atoms with van der Waals surface area (Å²) in [4.78, 5) is 29.0. The fraction of sp³-hybridized carbons (Fsp3) is 0.370. The number of hydrogen-bond donors (Lipinski definition) is 2. The average Bonchev–Trinajstić information content (AvgIpc) is 2.85. The lowest BCUT2D eigenvalue weighted by atomic mass is 9.90. The highest BCUT2D eigenvalue weighted by molar-refractivity contribution is 6.12. The Bertz CT molecular complexity index is 1190. The number of amidine groups is 1. The van der Waals surface area contributed by atoms with Gasteiger partial charge in [-0.05, 0) is 62.4 Å². The summed E-state index contributed by atoms with van der Waals surface area (Å²) in [6.45, 7) is 6.68. The summed E-state index contributed by atoms with van der Waals surface area (Å²) < 4.78 is 5.55. The molecular weight excluding hydrogens is 442 g/mol. The fourth-order valence-corrected chi connectivity index (χ4v) is 4.94. The summed E-state index contributed by atoms with van der Waals surface area (Å²) >= 11 is 0. The lowest BCUT2D eigenvalue weighted by Crippen LogP contribution is -2.55. The van der Waals surface area contributed by atoms with E-state index < -0.39 is 0 Å². The zero-order chi connectivity index (χ0) is 24.5. The molecule has 3 aliphatic heterocycles. The molecule has 0 saturated carbocycles. The van der Waals surface area contributed by atoms with Gasteiger partial charge in [0.1, 0.15) is 11.9 Å². The molecule has 0 saturated heterocycles. The van der Waals surface area contributed by atoms with Crippen LogP contribution in [0.4, 0.5) is 16.2 Å². The van der Waals surface area contributed by atoms with Crippen LogP contribution < -0.4 is 15.6 Å². The summed E-state index contributed by atoms with van der Waals surface area (Å²) in [6, 6.07) is 16.2. The number of carbonyl (C=O) groups is 2. The fourth-order valence-electron chi connectivity index (χ4n) is 4.94. The highest BCUT2D eigenvalue weighted by Crippen LogP contribution is 2.37. The second kappa shape index (κ2) is 9.44. The number of nitrogens with zero attached hydrogens (tertiary/aromatic N) is 3. The summed E-state index contributed by atoms with van der Waals surface area (Å²) in [5.74, 6) is 0.676. The van der Waals surface area contributed by atoms with Crippen LogP contribution in [0.5, 0.6) is 0 Å². The first kappa shape index (κ1) is 23.0. The van der Waals surface area contributed by atoms with Gasteiger partial charge in [-0.15, -0.1) is 0 Å². The van der Waals surface area contributed by atoms with Crippen molar-refractivity contribution in [2.75, 3.05) is 23.3 Å². The minimum absolute atomic E-state index is 0.0189. The molecule has 2 atom stereocenters. The molecule has 8 heteroatoms. The highest BCUT2D eigenvalue weighted by Gasteiger charge is 2.35. The number of rotatable bonds is 4. The number of amides is 2. The molecule has 182 valence electrons. The number of carbonyl (C=O) groups excluding carboxylic acids is 2. The third-order valence-corrected chi connectivity index (χ3v) is 6.72. The molecule has 0 spiro atoms. The van der Waals surface area contributed by atoms with Gasteiger partial charge in [0.15, 0.2) is 0 Å². The third-order valence-electron chi connectivity index (χ3n) is 6.72. The molecular formula is C27H31N5O3. The van der Waals surface area contributed by atoms with Crippen molar-refractivity contribution in [3.63, 3.8) is 0 Å². The van der Waals surface area contributed by atoms with Crippen LogP contribution >= 0.6 is 0 Å². The Morgan fingerprint density at radius 2 is 2.00 bits per heavy atom. The summed E-state index contributed by atoms with van der Waals surface area (Å²) in [5, 5.41) is 7.64. The summed E-state index contributed by atoms with van der Waals surface area (Å²) in [5.41, 5.74) is 7.98. The quantitative estimate of drug-likeness (QED) is 0.701. The van der Waals surface area contributed by atoms with Gasteiger partial charge in [-0.2, -0.15) is 5.10 Å². The molecule has 3 heterocycles. The minimum atomic E-state index is -0.342. The number of fused-ring (bicyclic) bond motifs is 3. The minimum Gasteiger partial charge on any atom is -0.447 e. The van der Waals surface area contributed by atoms with Gasteiger partial charge in [0.25, 0.3) is 5.91 Å². The van der Waals surface area contributed by atoms with Crippen molar-refractivity contribution in [2.24, 2.45) is 5.10 Å². The lowest BCUT2D eigenvalue weighted by molar-refractivity contribution is -0.122. The van der Waals surface area contributed by atoms with E-state index in [2.05, 4.69) is 52.3 Å². The van der Waals surface area contributed by atoms with E-state index in [9.17, 15) is 9.59 Å². The molecule has 0 aliphatic carbocycles. The molecule has 2 unspecified atom stereocenters. The maximum Gasteiger partial charge on any atom is 0.410 e. The molecule has 2 N–H and O–H groups in total. The number of benzene rings is 2. The predicted octanol–water partition coefficient (Wildman–Crippen LogP) is 4.00. The third kappa shape index (κ3) is 4.60. The molecule has 2 amide bonds. The molecule has 35 heavy (non-hydrogen) atoms. The molecule has 2 aromatic carbocycles. The molecule has 8 nitrogen and oxygen atoms in total. The van der Waals surface area contributed by atoms with Gasteiger partial charge in [-0.25, -0.2) is 10.2 Å². The van der Waals surface area contributed by atoms with Crippen molar-refractivity contribution >= 4 is 34.8 Å². The van der Waals surface area contributed by atoms with Crippen LogP contribution in [0.1, 0.15) is 38.3 Å². The Morgan fingerprint density at radius 3 is 2.77 bits per heavy atom. The number of hydrazone groups is 1. The van der Waals surface area contributed by atoms with Crippen molar-refractivity contribution < 1.29 is 14.3 Å². The van der Waals surface area contributed by atoms with Crippen molar-refractivity contribution in [3.05, 3.63) is 65.7 Å². The topological polar surface area (TPSA) is 86.3 Å². The van der Waals surface area contributed by atoms with Gasteiger partial charge in [0, 0.05) is 12.6 Å². The van der Waals surface area contributed by atoms with Gasteiger partial charge >= 0.3 is 6.09 Å². The Hall–Kier alpha value is -3.81. The first-order valence-electron chi connectivity index (χ1n) is 12.1. The number of ether oxygens (including phenoxy) is 1. The molecule has 0 radical (unpaired) electrons. The summed E-state index contributed by atoms with van der Waals surface area (Å²) in [7, 11) is 0. The maximum atomic E-state index is 12.9. The van der Waals surface area contributed by atoms with Crippen LogP contribution in [0, 0.1) is 0 Å².